The van der Waals surface area contributed by atoms with Crippen LogP contribution in [0.2, 0.25) is 0 Å². The zero-order chi connectivity index (χ0) is 11.3. The summed E-state index contributed by atoms with van der Waals surface area (Å²) in [5, 5.41) is 19.4. The molecule has 82 valence electrons. The summed E-state index contributed by atoms with van der Waals surface area (Å²) >= 11 is 0. The summed E-state index contributed by atoms with van der Waals surface area (Å²) in [7, 11) is 0. The molecule has 0 bridgehead atoms. The molecule has 1 aliphatic rings. The lowest BCUT2D eigenvalue weighted by Crippen LogP contribution is -2.36. The number of hydrogen-bond acceptors (Lipinski definition) is 4. The van der Waals surface area contributed by atoms with Crippen LogP contribution < -0.4 is 5.32 Å². The highest BCUT2D eigenvalue weighted by Gasteiger charge is 2.28. The van der Waals surface area contributed by atoms with Gasteiger partial charge >= 0.3 is 5.97 Å². The van der Waals surface area contributed by atoms with Crippen molar-refractivity contribution in [3.8, 4) is 6.07 Å². The van der Waals surface area contributed by atoms with Crippen molar-refractivity contribution < 1.29 is 14.7 Å². The predicted molar refractivity (Wildman–Crippen MR) is 50.8 cm³/mol. The average Bonchev–Trinajstić information content (AvgIpc) is 2.63. The summed E-state index contributed by atoms with van der Waals surface area (Å²) in [6.45, 7) is 1.20. The predicted octanol–water partition coefficient (Wildman–Crippen LogP) is -0.967. The van der Waals surface area contributed by atoms with Crippen LogP contribution in [0.5, 0.6) is 0 Å². The fraction of sp³-hybridized carbons (Fsp3) is 0.667. The molecule has 0 aromatic heterocycles. The van der Waals surface area contributed by atoms with Crippen molar-refractivity contribution in [3.63, 3.8) is 0 Å². The second kappa shape index (κ2) is 5.32. The van der Waals surface area contributed by atoms with Crippen LogP contribution in [0.15, 0.2) is 0 Å². The number of nitrogens with zero attached hydrogens (tertiary/aromatic N) is 2. The highest BCUT2D eigenvalue weighted by Crippen LogP contribution is 2.15. The number of carbonyl (C=O) groups excluding carboxylic acids is 1. The monoisotopic (exact) mass is 211 g/mol. The first kappa shape index (κ1) is 11.5. The van der Waals surface area contributed by atoms with E-state index in [1.165, 1.54) is 0 Å². The molecule has 0 spiro atoms. The molecule has 0 aromatic rings. The van der Waals surface area contributed by atoms with E-state index >= 15 is 0 Å². The van der Waals surface area contributed by atoms with Gasteiger partial charge < -0.3 is 10.4 Å². The van der Waals surface area contributed by atoms with E-state index in [9.17, 15) is 9.59 Å². The number of amides is 1. The van der Waals surface area contributed by atoms with E-state index < -0.39 is 5.97 Å². The molecule has 1 fully saturated rings. The number of hydrogen-bond donors (Lipinski definition) is 2. The Kier molecular flexibility index (Phi) is 4.06. The largest absolute Gasteiger partial charge is 0.481 e. The smallest absolute Gasteiger partial charge is 0.307 e. The summed E-state index contributed by atoms with van der Waals surface area (Å²) in [5.74, 6) is -1.41. The Balaban J connectivity index is 2.27. The summed E-state index contributed by atoms with van der Waals surface area (Å²) in [6.07, 6.45) is 0.584. The number of aliphatic carboxylic acids is 1. The molecular weight excluding hydrogens is 198 g/mol. The number of carboxylic acids is 1. The van der Waals surface area contributed by atoms with Crippen molar-refractivity contribution in [2.75, 3.05) is 26.2 Å². The Labute approximate surface area is 87.5 Å². The molecule has 0 aromatic carbocycles. The minimum atomic E-state index is -0.810. The van der Waals surface area contributed by atoms with Gasteiger partial charge in [0, 0.05) is 6.54 Å². The number of carbonyl (C=O) groups is 2. The molecule has 1 rings (SSSR count). The molecule has 2 N–H and O–H groups in total. The van der Waals surface area contributed by atoms with Crippen molar-refractivity contribution in [2.45, 2.75) is 6.42 Å². The summed E-state index contributed by atoms with van der Waals surface area (Å²) in [5.41, 5.74) is 0. The summed E-state index contributed by atoms with van der Waals surface area (Å²) in [6, 6.07) is 1.81. The second-order valence-electron chi connectivity index (χ2n) is 3.49. The van der Waals surface area contributed by atoms with Gasteiger partial charge in [-0.15, -0.1) is 0 Å². The van der Waals surface area contributed by atoms with Crippen molar-refractivity contribution in [1.82, 2.24) is 10.2 Å². The Morgan fingerprint density at radius 3 is 2.87 bits per heavy atom. The summed E-state index contributed by atoms with van der Waals surface area (Å²) < 4.78 is 0. The van der Waals surface area contributed by atoms with Crippen molar-refractivity contribution in [3.05, 3.63) is 0 Å². The lowest BCUT2D eigenvalue weighted by Gasteiger charge is -2.13. The third-order valence-corrected chi connectivity index (χ3v) is 2.35. The molecule has 1 saturated heterocycles. The number of rotatable bonds is 4. The zero-order valence-electron chi connectivity index (χ0n) is 8.27. The van der Waals surface area contributed by atoms with E-state index in [4.69, 9.17) is 10.4 Å². The number of carboxylic acid groups (broad SMARTS) is 1. The van der Waals surface area contributed by atoms with Crippen LogP contribution in [0.25, 0.3) is 0 Å². The molecule has 6 nitrogen and oxygen atoms in total. The molecule has 0 saturated carbocycles. The fourth-order valence-corrected chi connectivity index (χ4v) is 1.57. The molecule has 0 radical (unpaired) electrons. The van der Waals surface area contributed by atoms with Gasteiger partial charge in [0.2, 0.25) is 5.91 Å². The number of nitrogens with one attached hydrogen (secondary N) is 1. The van der Waals surface area contributed by atoms with Crippen molar-refractivity contribution >= 4 is 11.9 Å². The van der Waals surface area contributed by atoms with Gasteiger partial charge in [0.25, 0.3) is 0 Å². The van der Waals surface area contributed by atoms with Crippen LogP contribution in [0.3, 0.4) is 0 Å². The molecule has 6 heteroatoms. The van der Waals surface area contributed by atoms with E-state index in [-0.39, 0.29) is 24.9 Å². The highest BCUT2D eigenvalue weighted by molar-refractivity contribution is 5.78. The molecule has 0 aliphatic carbocycles. The maximum Gasteiger partial charge on any atom is 0.307 e. The number of nitriles is 1. The van der Waals surface area contributed by atoms with Crippen LogP contribution in [0, 0.1) is 17.2 Å². The van der Waals surface area contributed by atoms with E-state index in [1.54, 1.807) is 11.0 Å². The van der Waals surface area contributed by atoms with Crippen molar-refractivity contribution in [2.24, 2.45) is 5.92 Å². The van der Waals surface area contributed by atoms with Gasteiger partial charge in [-0.2, -0.15) is 5.26 Å². The van der Waals surface area contributed by atoms with E-state index in [2.05, 4.69) is 5.32 Å². The maximum absolute atomic E-state index is 11.2. The normalized spacial score (nSPS) is 20.9. The van der Waals surface area contributed by atoms with Gasteiger partial charge in [-0.3, -0.25) is 14.5 Å². The minimum Gasteiger partial charge on any atom is -0.481 e. The molecule has 1 atom stereocenters. The Hall–Kier alpha value is -1.61. The van der Waals surface area contributed by atoms with Gasteiger partial charge in [0.05, 0.1) is 18.5 Å². The fourth-order valence-electron chi connectivity index (χ4n) is 1.57. The third-order valence-electron chi connectivity index (χ3n) is 2.35. The molecule has 1 aliphatic heterocycles. The van der Waals surface area contributed by atoms with Gasteiger partial charge in [-0.25, -0.2) is 0 Å². The Bertz CT molecular complexity index is 297. The molecular formula is C9H13N3O3. The van der Waals surface area contributed by atoms with Crippen LogP contribution >= 0.6 is 0 Å². The highest BCUT2D eigenvalue weighted by atomic mass is 16.4. The van der Waals surface area contributed by atoms with Gasteiger partial charge in [-0.1, -0.05) is 0 Å². The molecule has 1 heterocycles. The SMILES string of the molecule is N#CCNC(=O)CN1CCC(C(=O)O)C1. The van der Waals surface area contributed by atoms with Crippen LogP contribution in [-0.4, -0.2) is 48.1 Å². The molecule has 1 unspecified atom stereocenters. The van der Waals surface area contributed by atoms with Gasteiger partial charge in [-0.05, 0) is 13.0 Å². The topological polar surface area (TPSA) is 93.4 Å². The Morgan fingerprint density at radius 1 is 1.60 bits per heavy atom. The first-order valence-electron chi connectivity index (χ1n) is 4.72. The van der Waals surface area contributed by atoms with E-state index in [1.807, 2.05) is 0 Å². The third kappa shape index (κ3) is 3.56. The first-order valence-corrected chi connectivity index (χ1v) is 4.72. The summed E-state index contributed by atoms with van der Waals surface area (Å²) in [4.78, 5) is 23.6. The maximum atomic E-state index is 11.2. The minimum absolute atomic E-state index is 0.00493. The lowest BCUT2D eigenvalue weighted by molar-refractivity contribution is -0.141. The van der Waals surface area contributed by atoms with E-state index in [0.717, 1.165) is 0 Å². The van der Waals surface area contributed by atoms with Crippen LogP contribution in [-0.2, 0) is 9.59 Å². The lowest BCUT2D eigenvalue weighted by atomic mass is 10.1. The van der Waals surface area contributed by atoms with E-state index in [0.29, 0.717) is 19.5 Å². The molecule has 1 amide bonds. The van der Waals surface area contributed by atoms with Crippen LogP contribution in [0.4, 0.5) is 0 Å². The zero-order valence-corrected chi connectivity index (χ0v) is 8.27. The van der Waals surface area contributed by atoms with Crippen molar-refractivity contribution in [1.29, 1.82) is 5.26 Å². The van der Waals surface area contributed by atoms with Gasteiger partial charge in [0.1, 0.15) is 6.54 Å². The average molecular weight is 211 g/mol. The van der Waals surface area contributed by atoms with Crippen LogP contribution in [0.1, 0.15) is 6.42 Å². The van der Waals surface area contributed by atoms with Gasteiger partial charge in [0.15, 0.2) is 0 Å². The standard InChI is InChI=1S/C9H13N3O3/c10-2-3-11-8(13)6-12-4-1-7(5-12)9(14)15/h7H,1,3-6H2,(H,11,13)(H,14,15). The second-order valence-corrected chi connectivity index (χ2v) is 3.49. The quantitative estimate of drug-likeness (QED) is 0.584. The first-order chi connectivity index (χ1) is 7.13. The Morgan fingerprint density at radius 2 is 2.33 bits per heavy atom. The molecule has 15 heavy (non-hydrogen) atoms. The number of likely N-dealkylation sites (tertiary alicyclic amines) is 1.